The van der Waals surface area contributed by atoms with E-state index in [0.29, 0.717) is 5.69 Å². The second kappa shape index (κ2) is 4.59. The maximum atomic E-state index is 11.1. The molecular formula is C11H14N2O2. The monoisotopic (exact) mass is 206 g/mol. The molecule has 0 atom stereocenters. The summed E-state index contributed by atoms with van der Waals surface area (Å²) in [6.45, 7) is 4.64. The van der Waals surface area contributed by atoms with Gasteiger partial charge in [-0.05, 0) is 19.1 Å². The number of amides is 2. The van der Waals surface area contributed by atoms with Crippen LogP contribution in [0.4, 0.5) is 5.69 Å². The zero-order chi connectivity index (χ0) is 11.4. The lowest BCUT2D eigenvalue weighted by atomic mass is 10.2. The van der Waals surface area contributed by atoms with Gasteiger partial charge in [0.25, 0.3) is 0 Å². The smallest absolute Gasteiger partial charge is 0.244 e. The van der Waals surface area contributed by atoms with Crippen molar-refractivity contribution in [3.8, 4) is 0 Å². The maximum absolute atomic E-state index is 11.1. The summed E-state index contributed by atoms with van der Waals surface area (Å²) in [5.74, 6) is -0.661. The lowest BCUT2D eigenvalue weighted by Gasteiger charge is -2.19. The topological polar surface area (TPSA) is 49.4 Å². The van der Waals surface area contributed by atoms with Crippen molar-refractivity contribution in [2.75, 3.05) is 5.43 Å². The highest BCUT2D eigenvalue weighted by molar-refractivity contribution is 5.94. The number of imide groups is 1. The third kappa shape index (κ3) is 3.09. The summed E-state index contributed by atoms with van der Waals surface area (Å²) in [6, 6.07) is 7.43. The predicted octanol–water partition coefficient (Wildman–Crippen LogP) is 1.72. The van der Waals surface area contributed by atoms with E-state index < -0.39 is 0 Å². The number of carbonyl (C=O) groups is 2. The third-order valence-electron chi connectivity index (χ3n) is 1.92. The molecule has 1 aromatic carbocycles. The molecule has 0 bridgehead atoms. The Hall–Kier alpha value is -1.84. The van der Waals surface area contributed by atoms with Gasteiger partial charge in [-0.1, -0.05) is 17.7 Å². The van der Waals surface area contributed by atoms with Gasteiger partial charge in [-0.2, -0.15) is 5.01 Å². The van der Waals surface area contributed by atoms with Crippen molar-refractivity contribution in [1.82, 2.24) is 5.01 Å². The Labute approximate surface area is 88.9 Å². The lowest BCUT2D eigenvalue weighted by Crippen LogP contribution is -2.38. The SMILES string of the molecule is CC(=O)N(Nc1ccc(C)cc1)C(C)=O. The molecule has 80 valence electrons. The molecule has 0 saturated carbocycles. The first-order valence-corrected chi connectivity index (χ1v) is 4.65. The van der Waals surface area contributed by atoms with E-state index in [2.05, 4.69) is 5.43 Å². The number of aryl methyl sites for hydroxylation is 1. The average molecular weight is 206 g/mol. The summed E-state index contributed by atoms with van der Waals surface area (Å²) in [6.07, 6.45) is 0. The molecule has 4 nitrogen and oxygen atoms in total. The average Bonchev–Trinajstić information content (AvgIpc) is 2.15. The van der Waals surface area contributed by atoms with E-state index in [1.54, 1.807) is 0 Å². The fourth-order valence-electron chi connectivity index (χ4n) is 1.14. The van der Waals surface area contributed by atoms with Crippen molar-refractivity contribution < 1.29 is 9.59 Å². The van der Waals surface area contributed by atoms with E-state index in [-0.39, 0.29) is 11.8 Å². The number of anilines is 1. The van der Waals surface area contributed by atoms with Gasteiger partial charge >= 0.3 is 0 Å². The van der Waals surface area contributed by atoms with Crippen LogP contribution in [0.1, 0.15) is 19.4 Å². The highest BCUT2D eigenvalue weighted by Crippen LogP contribution is 2.09. The van der Waals surface area contributed by atoms with Gasteiger partial charge in [0.1, 0.15) is 0 Å². The molecule has 0 spiro atoms. The van der Waals surface area contributed by atoms with Crippen LogP contribution in [0.3, 0.4) is 0 Å². The summed E-state index contributed by atoms with van der Waals surface area (Å²) in [5.41, 5.74) is 4.58. The van der Waals surface area contributed by atoms with Crippen LogP contribution in [-0.2, 0) is 9.59 Å². The molecule has 0 aliphatic heterocycles. The molecule has 0 unspecified atom stereocenters. The Balaban J connectivity index is 2.79. The minimum absolute atomic E-state index is 0.330. The van der Waals surface area contributed by atoms with Gasteiger partial charge in [0.2, 0.25) is 11.8 Å². The van der Waals surface area contributed by atoms with Crippen molar-refractivity contribution in [3.05, 3.63) is 29.8 Å². The van der Waals surface area contributed by atoms with Crippen molar-refractivity contribution in [1.29, 1.82) is 0 Å². The fourth-order valence-corrected chi connectivity index (χ4v) is 1.14. The van der Waals surface area contributed by atoms with Gasteiger partial charge in [0.05, 0.1) is 5.69 Å². The number of rotatable bonds is 2. The van der Waals surface area contributed by atoms with E-state index in [1.807, 2.05) is 31.2 Å². The van der Waals surface area contributed by atoms with Crippen LogP contribution in [0.25, 0.3) is 0 Å². The number of carbonyl (C=O) groups excluding carboxylic acids is 2. The lowest BCUT2D eigenvalue weighted by molar-refractivity contribution is -0.140. The van der Waals surface area contributed by atoms with Gasteiger partial charge in [-0.25, -0.2) is 0 Å². The Morgan fingerprint density at radius 2 is 1.53 bits per heavy atom. The minimum atomic E-state index is -0.330. The summed E-state index contributed by atoms with van der Waals surface area (Å²) in [4.78, 5) is 22.2. The molecule has 0 aliphatic rings. The third-order valence-corrected chi connectivity index (χ3v) is 1.92. The van der Waals surface area contributed by atoms with Gasteiger partial charge in [-0.15, -0.1) is 0 Å². The molecule has 0 aromatic heterocycles. The number of benzene rings is 1. The summed E-state index contributed by atoms with van der Waals surface area (Å²) < 4.78 is 0. The molecule has 1 aromatic rings. The number of hydrogen-bond donors (Lipinski definition) is 1. The summed E-state index contributed by atoms with van der Waals surface area (Å²) in [5, 5.41) is 0.977. The van der Waals surface area contributed by atoms with Crippen molar-refractivity contribution in [2.24, 2.45) is 0 Å². The Bertz CT molecular complexity index is 357. The fraction of sp³-hybridized carbons (Fsp3) is 0.273. The van der Waals surface area contributed by atoms with E-state index in [9.17, 15) is 9.59 Å². The highest BCUT2D eigenvalue weighted by atomic mass is 16.2. The Morgan fingerprint density at radius 3 is 1.93 bits per heavy atom. The summed E-state index contributed by atoms with van der Waals surface area (Å²) >= 11 is 0. The van der Waals surface area contributed by atoms with Crippen molar-refractivity contribution in [3.63, 3.8) is 0 Å². The van der Waals surface area contributed by atoms with Crippen LogP contribution in [0, 0.1) is 6.92 Å². The van der Waals surface area contributed by atoms with Crippen LogP contribution in [0.2, 0.25) is 0 Å². The van der Waals surface area contributed by atoms with Crippen molar-refractivity contribution in [2.45, 2.75) is 20.8 Å². The van der Waals surface area contributed by atoms with E-state index in [1.165, 1.54) is 13.8 Å². The maximum Gasteiger partial charge on any atom is 0.244 e. The van der Waals surface area contributed by atoms with Crippen LogP contribution in [0.5, 0.6) is 0 Å². The van der Waals surface area contributed by atoms with Crippen LogP contribution < -0.4 is 5.43 Å². The van der Waals surface area contributed by atoms with E-state index >= 15 is 0 Å². The normalized spacial score (nSPS) is 9.53. The van der Waals surface area contributed by atoms with Crippen LogP contribution in [-0.4, -0.2) is 16.8 Å². The summed E-state index contributed by atoms with van der Waals surface area (Å²) in [7, 11) is 0. The Morgan fingerprint density at radius 1 is 1.07 bits per heavy atom. The highest BCUT2D eigenvalue weighted by Gasteiger charge is 2.12. The largest absolute Gasteiger partial charge is 0.289 e. The molecule has 1 rings (SSSR count). The standard InChI is InChI=1S/C11H14N2O2/c1-8-4-6-11(7-5-8)12-13(9(2)14)10(3)15/h4-7,12H,1-3H3. The molecule has 0 saturated heterocycles. The van der Waals surface area contributed by atoms with Crippen LogP contribution in [0.15, 0.2) is 24.3 Å². The van der Waals surface area contributed by atoms with Crippen molar-refractivity contribution >= 4 is 17.5 Å². The number of nitrogens with zero attached hydrogens (tertiary/aromatic N) is 1. The first-order valence-electron chi connectivity index (χ1n) is 4.65. The molecular weight excluding hydrogens is 192 g/mol. The van der Waals surface area contributed by atoms with Gasteiger partial charge in [0, 0.05) is 13.8 Å². The minimum Gasteiger partial charge on any atom is -0.289 e. The van der Waals surface area contributed by atoms with E-state index in [4.69, 9.17) is 0 Å². The molecule has 0 radical (unpaired) electrons. The quantitative estimate of drug-likeness (QED) is 0.749. The molecule has 0 aliphatic carbocycles. The molecule has 4 heteroatoms. The molecule has 2 amide bonds. The molecule has 1 N–H and O–H groups in total. The Kier molecular flexibility index (Phi) is 3.44. The number of hydrogen-bond acceptors (Lipinski definition) is 3. The number of hydrazine groups is 1. The second-order valence-electron chi connectivity index (χ2n) is 3.35. The first-order chi connectivity index (χ1) is 7.00. The van der Waals surface area contributed by atoms with Crippen LogP contribution >= 0.6 is 0 Å². The zero-order valence-electron chi connectivity index (χ0n) is 9.07. The van der Waals surface area contributed by atoms with E-state index in [0.717, 1.165) is 10.6 Å². The van der Waals surface area contributed by atoms with Gasteiger partial charge in [0.15, 0.2) is 0 Å². The first kappa shape index (κ1) is 11.2. The zero-order valence-corrected chi connectivity index (χ0v) is 9.07. The second-order valence-corrected chi connectivity index (χ2v) is 3.35. The molecule has 0 heterocycles. The molecule has 0 fully saturated rings. The predicted molar refractivity (Wildman–Crippen MR) is 58.0 cm³/mol. The van der Waals surface area contributed by atoms with Gasteiger partial charge in [-0.3, -0.25) is 15.0 Å². The number of nitrogens with one attached hydrogen (secondary N) is 1. The van der Waals surface area contributed by atoms with Gasteiger partial charge < -0.3 is 0 Å². The molecule has 15 heavy (non-hydrogen) atoms.